The standard InChI is InChI=1S/C15H19N3/c1-11(16)15-9-17-10-18(15)14-8-4-6-12-5-2-3-7-13(12)14/h2-3,5,7,9-11,14H,4,6,8,16H2,1H3. The van der Waals surface area contributed by atoms with Crippen LogP contribution in [0.15, 0.2) is 36.8 Å². The lowest BCUT2D eigenvalue weighted by atomic mass is 9.87. The summed E-state index contributed by atoms with van der Waals surface area (Å²) in [6, 6.07) is 9.16. The number of fused-ring (bicyclic) bond motifs is 1. The van der Waals surface area contributed by atoms with Crippen molar-refractivity contribution in [1.29, 1.82) is 0 Å². The monoisotopic (exact) mass is 241 g/mol. The molecular weight excluding hydrogens is 222 g/mol. The Bertz CT molecular complexity index is 542. The maximum Gasteiger partial charge on any atom is 0.0954 e. The molecule has 0 saturated carbocycles. The lowest BCUT2D eigenvalue weighted by Gasteiger charge is -2.28. The first-order chi connectivity index (χ1) is 8.77. The summed E-state index contributed by atoms with van der Waals surface area (Å²) in [5, 5.41) is 0. The highest BCUT2D eigenvalue weighted by atomic mass is 15.1. The molecule has 94 valence electrons. The van der Waals surface area contributed by atoms with Crippen LogP contribution in [0.3, 0.4) is 0 Å². The molecule has 1 heterocycles. The summed E-state index contributed by atoms with van der Waals surface area (Å²) in [5.74, 6) is 0. The smallest absolute Gasteiger partial charge is 0.0954 e. The second-order valence-electron chi connectivity index (χ2n) is 5.12. The fourth-order valence-electron chi connectivity index (χ4n) is 2.95. The highest BCUT2D eigenvalue weighted by molar-refractivity contribution is 5.33. The first-order valence-corrected chi connectivity index (χ1v) is 6.62. The summed E-state index contributed by atoms with van der Waals surface area (Å²) in [7, 11) is 0. The van der Waals surface area contributed by atoms with E-state index < -0.39 is 0 Å². The maximum absolute atomic E-state index is 6.02. The quantitative estimate of drug-likeness (QED) is 0.878. The largest absolute Gasteiger partial charge is 0.326 e. The van der Waals surface area contributed by atoms with Crippen molar-refractivity contribution in [2.24, 2.45) is 5.73 Å². The van der Waals surface area contributed by atoms with Gasteiger partial charge in [0, 0.05) is 12.2 Å². The summed E-state index contributed by atoms with van der Waals surface area (Å²) < 4.78 is 2.25. The van der Waals surface area contributed by atoms with Crippen LogP contribution >= 0.6 is 0 Å². The van der Waals surface area contributed by atoms with Gasteiger partial charge in [-0.2, -0.15) is 0 Å². The lowest BCUT2D eigenvalue weighted by Crippen LogP contribution is -2.21. The van der Waals surface area contributed by atoms with Crippen molar-refractivity contribution < 1.29 is 0 Å². The third kappa shape index (κ3) is 1.85. The molecule has 3 rings (SSSR count). The lowest BCUT2D eigenvalue weighted by molar-refractivity contribution is 0.469. The van der Waals surface area contributed by atoms with Crippen LogP contribution in [0.5, 0.6) is 0 Å². The van der Waals surface area contributed by atoms with Gasteiger partial charge in [-0.3, -0.25) is 0 Å². The molecule has 2 N–H and O–H groups in total. The van der Waals surface area contributed by atoms with Crippen molar-refractivity contribution in [1.82, 2.24) is 9.55 Å². The van der Waals surface area contributed by atoms with Gasteiger partial charge in [-0.25, -0.2) is 4.98 Å². The number of hydrogen-bond acceptors (Lipinski definition) is 2. The van der Waals surface area contributed by atoms with Gasteiger partial charge in [-0.05, 0) is 37.3 Å². The molecule has 0 amide bonds. The van der Waals surface area contributed by atoms with Gasteiger partial charge in [0.05, 0.1) is 18.1 Å². The average molecular weight is 241 g/mol. The van der Waals surface area contributed by atoms with E-state index >= 15 is 0 Å². The molecule has 2 aromatic rings. The second-order valence-corrected chi connectivity index (χ2v) is 5.12. The summed E-state index contributed by atoms with van der Waals surface area (Å²) in [5.41, 5.74) is 10.1. The number of hydrogen-bond donors (Lipinski definition) is 1. The van der Waals surface area contributed by atoms with E-state index in [1.807, 2.05) is 19.4 Å². The fourth-order valence-corrected chi connectivity index (χ4v) is 2.95. The molecule has 0 radical (unpaired) electrons. The molecule has 3 heteroatoms. The molecule has 1 aromatic heterocycles. The molecule has 3 nitrogen and oxygen atoms in total. The number of aryl methyl sites for hydroxylation is 1. The Morgan fingerprint density at radius 1 is 1.39 bits per heavy atom. The zero-order valence-electron chi connectivity index (χ0n) is 10.7. The van der Waals surface area contributed by atoms with Gasteiger partial charge in [-0.15, -0.1) is 0 Å². The first kappa shape index (κ1) is 11.5. The van der Waals surface area contributed by atoms with Gasteiger partial charge in [0.1, 0.15) is 0 Å². The van der Waals surface area contributed by atoms with Crippen LogP contribution in [0.4, 0.5) is 0 Å². The van der Waals surface area contributed by atoms with Gasteiger partial charge in [0.2, 0.25) is 0 Å². The van der Waals surface area contributed by atoms with E-state index in [-0.39, 0.29) is 6.04 Å². The Morgan fingerprint density at radius 2 is 2.22 bits per heavy atom. The molecule has 18 heavy (non-hydrogen) atoms. The zero-order valence-corrected chi connectivity index (χ0v) is 10.7. The van der Waals surface area contributed by atoms with Gasteiger partial charge in [0.25, 0.3) is 0 Å². The first-order valence-electron chi connectivity index (χ1n) is 6.62. The molecule has 1 aliphatic rings. The van der Waals surface area contributed by atoms with Crippen LogP contribution in [0.1, 0.15) is 48.7 Å². The van der Waals surface area contributed by atoms with Crippen molar-refractivity contribution in [3.63, 3.8) is 0 Å². The van der Waals surface area contributed by atoms with Crippen molar-refractivity contribution in [3.05, 3.63) is 53.6 Å². The number of imidazole rings is 1. The number of rotatable bonds is 2. The van der Waals surface area contributed by atoms with E-state index in [0.717, 1.165) is 5.69 Å². The van der Waals surface area contributed by atoms with Crippen LogP contribution in [0.2, 0.25) is 0 Å². The second kappa shape index (κ2) is 4.58. The molecular formula is C15H19N3. The maximum atomic E-state index is 6.02. The molecule has 0 fully saturated rings. The summed E-state index contributed by atoms with van der Waals surface area (Å²) in [4.78, 5) is 4.27. The van der Waals surface area contributed by atoms with Gasteiger partial charge in [0.15, 0.2) is 0 Å². The van der Waals surface area contributed by atoms with Crippen LogP contribution in [0.25, 0.3) is 0 Å². The Labute approximate surface area is 108 Å². The Morgan fingerprint density at radius 3 is 3.06 bits per heavy atom. The van der Waals surface area contributed by atoms with E-state index in [1.165, 1.54) is 30.4 Å². The average Bonchev–Trinajstić information content (AvgIpc) is 2.87. The third-order valence-corrected chi connectivity index (χ3v) is 3.84. The van der Waals surface area contributed by atoms with Crippen LogP contribution in [-0.2, 0) is 6.42 Å². The minimum Gasteiger partial charge on any atom is -0.326 e. The van der Waals surface area contributed by atoms with Gasteiger partial charge >= 0.3 is 0 Å². The SMILES string of the molecule is CC(N)c1cncn1C1CCCc2ccccc21. The van der Waals surface area contributed by atoms with Crippen LogP contribution < -0.4 is 5.73 Å². The molecule has 1 aromatic carbocycles. The molecule has 0 aliphatic heterocycles. The fraction of sp³-hybridized carbons (Fsp3) is 0.400. The Balaban J connectivity index is 2.06. The van der Waals surface area contributed by atoms with Gasteiger partial charge < -0.3 is 10.3 Å². The number of nitrogens with two attached hydrogens (primary N) is 1. The van der Waals surface area contributed by atoms with Crippen LogP contribution in [-0.4, -0.2) is 9.55 Å². The number of nitrogens with zero attached hydrogens (tertiary/aromatic N) is 2. The van der Waals surface area contributed by atoms with E-state index in [0.29, 0.717) is 6.04 Å². The van der Waals surface area contributed by atoms with Crippen molar-refractivity contribution >= 4 is 0 Å². The zero-order chi connectivity index (χ0) is 12.5. The third-order valence-electron chi connectivity index (χ3n) is 3.84. The molecule has 0 saturated heterocycles. The van der Waals surface area contributed by atoms with Crippen LogP contribution in [0, 0.1) is 0 Å². The van der Waals surface area contributed by atoms with Crippen molar-refractivity contribution in [2.45, 2.75) is 38.3 Å². The summed E-state index contributed by atoms with van der Waals surface area (Å²) >= 11 is 0. The molecule has 1 aliphatic carbocycles. The Kier molecular flexibility index (Phi) is 2.92. The van der Waals surface area contributed by atoms with E-state index in [4.69, 9.17) is 5.73 Å². The topological polar surface area (TPSA) is 43.8 Å². The molecule has 2 atom stereocenters. The molecule has 0 spiro atoms. The molecule has 2 unspecified atom stereocenters. The normalized spacial score (nSPS) is 20.4. The van der Waals surface area contributed by atoms with E-state index in [2.05, 4.69) is 33.8 Å². The predicted octanol–water partition coefficient (Wildman–Crippen LogP) is 2.83. The minimum absolute atomic E-state index is 0.0292. The van der Waals surface area contributed by atoms with E-state index in [9.17, 15) is 0 Å². The van der Waals surface area contributed by atoms with E-state index in [1.54, 1.807) is 0 Å². The summed E-state index contributed by atoms with van der Waals surface area (Å²) in [6.07, 6.45) is 7.41. The van der Waals surface area contributed by atoms with Gasteiger partial charge in [-0.1, -0.05) is 24.3 Å². The minimum atomic E-state index is 0.0292. The highest BCUT2D eigenvalue weighted by Gasteiger charge is 2.23. The Hall–Kier alpha value is -1.61. The molecule has 0 bridgehead atoms. The van der Waals surface area contributed by atoms with Crippen molar-refractivity contribution in [2.75, 3.05) is 0 Å². The number of aromatic nitrogens is 2. The highest BCUT2D eigenvalue weighted by Crippen LogP contribution is 2.34. The van der Waals surface area contributed by atoms with Crippen molar-refractivity contribution in [3.8, 4) is 0 Å². The number of benzene rings is 1. The summed E-state index contributed by atoms with van der Waals surface area (Å²) in [6.45, 7) is 2.02. The predicted molar refractivity (Wildman–Crippen MR) is 72.3 cm³/mol.